The maximum atomic E-state index is 13.3. The molecule has 0 saturated heterocycles. The second kappa shape index (κ2) is 5.54. The summed E-state index contributed by atoms with van der Waals surface area (Å²) in [5.41, 5.74) is 2.84. The molecule has 1 aliphatic rings. The number of aryl methyl sites for hydroxylation is 2. The molecular weight excluding hydrogens is 305 g/mol. The molecule has 1 fully saturated rings. The van der Waals surface area contributed by atoms with Gasteiger partial charge in [-0.25, -0.2) is 9.37 Å². The van der Waals surface area contributed by atoms with Gasteiger partial charge in [0.05, 0.1) is 12.7 Å². The number of benzene rings is 1. The first kappa shape index (κ1) is 15.1. The summed E-state index contributed by atoms with van der Waals surface area (Å²) < 4.78 is 17.4. The third kappa shape index (κ3) is 2.84. The number of aromatic nitrogens is 5. The van der Waals surface area contributed by atoms with Gasteiger partial charge in [-0.05, 0) is 50.5 Å². The van der Waals surface area contributed by atoms with Crippen molar-refractivity contribution in [2.24, 2.45) is 5.41 Å². The predicted octanol–water partition coefficient (Wildman–Crippen LogP) is 3.38. The summed E-state index contributed by atoms with van der Waals surface area (Å²) in [6, 6.07) is 4.75. The highest BCUT2D eigenvalue weighted by Crippen LogP contribution is 2.48. The molecule has 1 aliphatic carbocycles. The van der Waals surface area contributed by atoms with Crippen molar-refractivity contribution in [3.8, 4) is 11.3 Å². The van der Waals surface area contributed by atoms with E-state index in [1.54, 1.807) is 6.07 Å². The van der Waals surface area contributed by atoms with Crippen molar-refractivity contribution in [1.82, 2.24) is 24.5 Å². The van der Waals surface area contributed by atoms with Crippen LogP contribution in [0.2, 0.25) is 0 Å². The van der Waals surface area contributed by atoms with Crippen molar-refractivity contribution in [3.63, 3.8) is 0 Å². The molecule has 0 amide bonds. The summed E-state index contributed by atoms with van der Waals surface area (Å²) in [6.45, 7) is 5.73. The third-order valence-electron chi connectivity index (χ3n) is 4.89. The van der Waals surface area contributed by atoms with Crippen molar-refractivity contribution in [3.05, 3.63) is 54.0 Å². The number of nitrogens with zero attached hydrogens (tertiary/aromatic N) is 5. The highest BCUT2D eigenvalue weighted by molar-refractivity contribution is 5.62. The molecule has 1 saturated carbocycles. The van der Waals surface area contributed by atoms with Crippen molar-refractivity contribution < 1.29 is 4.39 Å². The molecule has 0 bridgehead atoms. The standard InChI is InChI=1S/C18H20FN5/c1-13-9-15(19)3-4-16(13)17-10-24(22-21-17)12-18(5-6-18)11-23-8-7-20-14(23)2/h3-4,7-10H,5-6,11-12H2,1-2H3. The van der Waals surface area contributed by atoms with Gasteiger partial charge in [-0.2, -0.15) is 0 Å². The molecule has 4 rings (SSSR count). The molecular formula is C18H20FN5. The topological polar surface area (TPSA) is 48.5 Å². The lowest BCUT2D eigenvalue weighted by molar-refractivity contribution is 0.338. The minimum atomic E-state index is -0.226. The zero-order valence-electron chi connectivity index (χ0n) is 13.9. The van der Waals surface area contributed by atoms with Crippen molar-refractivity contribution in [2.75, 3.05) is 0 Å². The zero-order valence-corrected chi connectivity index (χ0v) is 13.9. The van der Waals surface area contributed by atoms with E-state index >= 15 is 0 Å². The first-order chi connectivity index (χ1) is 11.5. The monoisotopic (exact) mass is 325 g/mol. The minimum Gasteiger partial charge on any atom is -0.335 e. The molecule has 6 heteroatoms. The summed E-state index contributed by atoms with van der Waals surface area (Å²) in [5.74, 6) is 0.818. The number of hydrogen-bond donors (Lipinski definition) is 0. The molecule has 124 valence electrons. The molecule has 0 aliphatic heterocycles. The van der Waals surface area contributed by atoms with E-state index in [9.17, 15) is 4.39 Å². The van der Waals surface area contributed by atoms with Gasteiger partial charge in [-0.3, -0.25) is 4.68 Å². The van der Waals surface area contributed by atoms with Gasteiger partial charge >= 0.3 is 0 Å². The fourth-order valence-electron chi connectivity index (χ4n) is 3.23. The summed E-state index contributed by atoms with van der Waals surface area (Å²) in [7, 11) is 0. The normalized spacial score (nSPS) is 15.6. The lowest BCUT2D eigenvalue weighted by Gasteiger charge is -2.16. The quantitative estimate of drug-likeness (QED) is 0.722. The van der Waals surface area contributed by atoms with Crippen LogP contribution in [0.3, 0.4) is 0 Å². The molecule has 1 aromatic carbocycles. The fraction of sp³-hybridized carbons (Fsp3) is 0.389. The fourth-order valence-corrected chi connectivity index (χ4v) is 3.23. The zero-order chi connectivity index (χ0) is 16.7. The number of hydrogen-bond acceptors (Lipinski definition) is 3. The Hall–Kier alpha value is -2.50. The molecule has 2 heterocycles. The molecule has 24 heavy (non-hydrogen) atoms. The Balaban J connectivity index is 1.52. The molecule has 5 nitrogen and oxygen atoms in total. The predicted molar refractivity (Wildman–Crippen MR) is 88.8 cm³/mol. The Bertz CT molecular complexity index is 875. The Morgan fingerprint density at radius 2 is 2.04 bits per heavy atom. The average molecular weight is 325 g/mol. The average Bonchev–Trinajstić information content (AvgIpc) is 2.92. The van der Waals surface area contributed by atoms with Gasteiger partial charge in [0.15, 0.2) is 0 Å². The SMILES string of the molecule is Cc1cc(F)ccc1-c1cn(CC2(Cn3ccnc3C)CC2)nn1. The first-order valence-electron chi connectivity index (χ1n) is 8.19. The van der Waals surface area contributed by atoms with Crippen LogP contribution >= 0.6 is 0 Å². The highest BCUT2D eigenvalue weighted by Gasteiger charge is 2.43. The van der Waals surface area contributed by atoms with E-state index in [2.05, 4.69) is 19.9 Å². The van der Waals surface area contributed by atoms with E-state index in [1.807, 2.05) is 37.1 Å². The van der Waals surface area contributed by atoms with Gasteiger partial charge in [0.25, 0.3) is 0 Å². The van der Waals surface area contributed by atoms with Crippen molar-refractivity contribution in [2.45, 2.75) is 39.8 Å². The lowest BCUT2D eigenvalue weighted by Crippen LogP contribution is -2.19. The van der Waals surface area contributed by atoms with Gasteiger partial charge in [0.2, 0.25) is 0 Å². The molecule has 0 spiro atoms. The first-order valence-corrected chi connectivity index (χ1v) is 8.19. The van der Waals surface area contributed by atoms with Gasteiger partial charge in [-0.15, -0.1) is 5.10 Å². The van der Waals surface area contributed by atoms with Crippen LogP contribution < -0.4 is 0 Å². The van der Waals surface area contributed by atoms with Crippen LogP contribution in [0.15, 0.2) is 36.8 Å². The van der Waals surface area contributed by atoms with Crippen LogP contribution in [0.1, 0.15) is 24.2 Å². The Labute approximate surface area is 140 Å². The van der Waals surface area contributed by atoms with Gasteiger partial charge < -0.3 is 4.57 Å². The molecule has 2 aromatic heterocycles. The Morgan fingerprint density at radius 3 is 2.71 bits per heavy atom. The summed E-state index contributed by atoms with van der Waals surface area (Å²) in [5, 5.41) is 8.56. The Morgan fingerprint density at radius 1 is 1.21 bits per heavy atom. The van der Waals surface area contributed by atoms with E-state index in [0.717, 1.165) is 35.7 Å². The van der Waals surface area contributed by atoms with Crippen LogP contribution in [-0.4, -0.2) is 24.5 Å². The molecule has 0 radical (unpaired) electrons. The highest BCUT2D eigenvalue weighted by atomic mass is 19.1. The van der Waals surface area contributed by atoms with Gasteiger partial charge in [0.1, 0.15) is 17.3 Å². The van der Waals surface area contributed by atoms with Crippen LogP contribution in [0.25, 0.3) is 11.3 Å². The van der Waals surface area contributed by atoms with Crippen LogP contribution in [-0.2, 0) is 13.1 Å². The molecule has 0 N–H and O–H groups in total. The van der Waals surface area contributed by atoms with E-state index in [1.165, 1.54) is 25.0 Å². The van der Waals surface area contributed by atoms with Crippen LogP contribution in [0, 0.1) is 25.1 Å². The van der Waals surface area contributed by atoms with E-state index in [4.69, 9.17) is 0 Å². The van der Waals surface area contributed by atoms with E-state index in [-0.39, 0.29) is 11.2 Å². The number of halogens is 1. The summed E-state index contributed by atoms with van der Waals surface area (Å²) >= 11 is 0. The second-order valence-electron chi connectivity index (χ2n) is 6.86. The van der Waals surface area contributed by atoms with Crippen molar-refractivity contribution >= 4 is 0 Å². The number of rotatable bonds is 5. The molecule has 3 aromatic rings. The van der Waals surface area contributed by atoms with E-state index < -0.39 is 0 Å². The maximum absolute atomic E-state index is 13.3. The minimum absolute atomic E-state index is 0.226. The second-order valence-corrected chi connectivity index (χ2v) is 6.86. The van der Waals surface area contributed by atoms with Crippen LogP contribution in [0.4, 0.5) is 4.39 Å². The van der Waals surface area contributed by atoms with Crippen molar-refractivity contribution in [1.29, 1.82) is 0 Å². The Kier molecular flexibility index (Phi) is 3.48. The van der Waals surface area contributed by atoms with E-state index in [0.29, 0.717) is 0 Å². The molecule has 0 unspecified atom stereocenters. The van der Waals surface area contributed by atoms with Gasteiger partial charge in [-0.1, -0.05) is 5.21 Å². The summed E-state index contributed by atoms with van der Waals surface area (Å²) in [4.78, 5) is 4.29. The maximum Gasteiger partial charge on any atom is 0.123 e. The van der Waals surface area contributed by atoms with Crippen LogP contribution in [0.5, 0.6) is 0 Å². The molecule has 0 atom stereocenters. The summed E-state index contributed by atoms with van der Waals surface area (Å²) in [6.07, 6.45) is 8.21. The smallest absolute Gasteiger partial charge is 0.123 e. The number of imidazole rings is 1. The largest absolute Gasteiger partial charge is 0.335 e. The third-order valence-corrected chi connectivity index (χ3v) is 4.89. The van der Waals surface area contributed by atoms with Gasteiger partial charge in [0, 0.05) is 29.9 Å². The lowest BCUT2D eigenvalue weighted by atomic mass is 10.1.